The molecule has 4 aromatic rings. The molecule has 0 aliphatic heterocycles. The fourth-order valence-electron chi connectivity index (χ4n) is 4.49. The fraction of sp³-hybridized carbons (Fsp3) is 0.214. The lowest BCUT2D eigenvalue weighted by Crippen LogP contribution is -2.28. The van der Waals surface area contributed by atoms with E-state index in [4.69, 9.17) is 16.9 Å². The Morgan fingerprint density at radius 3 is 1.50 bits per heavy atom. The zero-order chi connectivity index (χ0) is 32.1. The molecule has 0 radical (unpaired) electrons. The van der Waals surface area contributed by atoms with Gasteiger partial charge >= 0.3 is 0 Å². The third kappa shape index (κ3) is 7.04. The lowest BCUT2D eigenvalue weighted by Gasteiger charge is -2.04. The first-order valence-corrected chi connectivity index (χ1v) is 13.3. The minimum atomic E-state index is -0.452. The Bertz CT molecular complexity index is 1780. The van der Waals surface area contributed by atoms with Gasteiger partial charge in [0.1, 0.15) is 22.8 Å². The number of rotatable bonds is 11. The number of carbonyl (C=O) groups excluding carboxylic acids is 4. The average Bonchev–Trinajstić information content (AvgIpc) is 3.69. The van der Waals surface area contributed by atoms with Crippen molar-refractivity contribution in [2.24, 2.45) is 44.7 Å². The molecule has 0 saturated carbocycles. The molecule has 0 bridgehead atoms. The maximum Gasteiger partial charge on any atom is 0.272 e. The van der Waals surface area contributed by atoms with Crippen LogP contribution in [-0.4, -0.2) is 60.6 Å². The highest BCUT2D eigenvalue weighted by molar-refractivity contribution is 6.08. The number of nitrogens with two attached hydrogens (primary N) is 2. The van der Waals surface area contributed by atoms with E-state index < -0.39 is 11.8 Å². The molecule has 4 aromatic heterocycles. The van der Waals surface area contributed by atoms with E-state index in [9.17, 15) is 19.2 Å². The number of amidine groups is 1. The number of carbonyl (C=O) groups is 4. The zero-order valence-electron chi connectivity index (χ0n) is 24.6. The highest BCUT2D eigenvalue weighted by Crippen LogP contribution is 2.21. The van der Waals surface area contributed by atoms with Crippen LogP contribution < -0.4 is 32.7 Å². The van der Waals surface area contributed by atoms with E-state index in [0.717, 1.165) is 6.34 Å². The SMILES string of the molecule is Cn1cc(NC(=O)c2cc(NC(=O)c3cc(NC(=O)c4cc(N=CN)cn4C)cn3C)cn2C)cc1C(=O)NCCC(=N)N. The molecule has 0 atom stereocenters. The van der Waals surface area contributed by atoms with E-state index in [2.05, 4.69) is 26.3 Å². The molecule has 0 fully saturated rings. The molecule has 16 heteroatoms. The summed E-state index contributed by atoms with van der Waals surface area (Å²) < 4.78 is 6.31. The first-order chi connectivity index (χ1) is 20.9. The lowest BCUT2D eigenvalue weighted by molar-refractivity contribution is 0.0944. The predicted molar refractivity (Wildman–Crippen MR) is 167 cm³/mol. The van der Waals surface area contributed by atoms with E-state index in [0.29, 0.717) is 34.1 Å². The molecule has 9 N–H and O–H groups in total. The summed E-state index contributed by atoms with van der Waals surface area (Å²) >= 11 is 0. The molecule has 0 aliphatic carbocycles. The van der Waals surface area contributed by atoms with Crippen molar-refractivity contribution in [2.45, 2.75) is 6.42 Å². The molecule has 16 nitrogen and oxygen atoms in total. The normalized spacial score (nSPS) is 11.0. The van der Waals surface area contributed by atoms with Crippen molar-refractivity contribution in [3.8, 4) is 0 Å². The average molecular weight is 603 g/mol. The van der Waals surface area contributed by atoms with Crippen LogP contribution in [0.1, 0.15) is 48.4 Å². The number of aliphatic imine (C=N–C) groups is 1. The number of aryl methyl sites for hydroxylation is 4. The number of anilines is 3. The topological polar surface area (TPSA) is 224 Å². The van der Waals surface area contributed by atoms with Gasteiger partial charge in [-0.05, 0) is 24.3 Å². The summed E-state index contributed by atoms with van der Waals surface area (Å²) in [4.78, 5) is 55.3. The van der Waals surface area contributed by atoms with Gasteiger partial charge in [0.2, 0.25) is 0 Å². The highest BCUT2D eigenvalue weighted by atomic mass is 16.2. The van der Waals surface area contributed by atoms with Crippen LogP contribution >= 0.6 is 0 Å². The predicted octanol–water partition coefficient (Wildman–Crippen LogP) is 1.47. The van der Waals surface area contributed by atoms with E-state index in [1.807, 2.05) is 0 Å². The summed E-state index contributed by atoms with van der Waals surface area (Å²) in [6.45, 7) is 0.220. The van der Waals surface area contributed by atoms with Crippen molar-refractivity contribution in [3.63, 3.8) is 0 Å². The van der Waals surface area contributed by atoms with Gasteiger partial charge in [0.15, 0.2) is 0 Å². The largest absolute Gasteiger partial charge is 0.390 e. The Balaban J connectivity index is 1.39. The number of aromatic nitrogens is 4. The van der Waals surface area contributed by atoms with Crippen molar-refractivity contribution >= 4 is 58.6 Å². The molecule has 0 aromatic carbocycles. The Morgan fingerprint density at radius 1 is 0.705 bits per heavy atom. The van der Waals surface area contributed by atoms with Crippen LogP contribution in [0.3, 0.4) is 0 Å². The van der Waals surface area contributed by atoms with Gasteiger partial charge in [-0.2, -0.15) is 0 Å². The molecule has 44 heavy (non-hydrogen) atoms. The van der Waals surface area contributed by atoms with Gasteiger partial charge in [-0.25, -0.2) is 4.99 Å². The second-order valence-corrected chi connectivity index (χ2v) is 10.0. The van der Waals surface area contributed by atoms with Crippen LogP contribution in [0.4, 0.5) is 22.7 Å². The monoisotopic (exact) mass is 602 g/mol. The number of nitrogens with zero attached hydrogens (tertiary/aromatic N) is 5. The quantitative estimate of drug-likeness (QED) is 0.0993. The maximum atomic E-state index is 13.1. The molecule has 4 heterocycles. The van der Waals surface area contributed by atoms with Crippen molar-refractivity contribution in [2.75, 3.05) is 22.5 Å². The zero-order valence-corrected chi connectivity index (χ0v) is 24.6. The minimum absolute atomic E-state index is 0.0298. The minimum Gasteiger partial charge on any atom is -0.390 e. The Hall–Kier alpha value is -6.06. The summed E-state index contributed by atoms with van der Waals surface area (Å²) in [5.74, 6) is -1.69. The summed E-state index contributed by atoms with van der Waals surface area (Å²) in [6.07, 6.45) is 7.83. The molecule has 0 spiro atoms. The first-order valence-electron chi connectivity index (χ1n) is 13.3. The fourth-order valence-corrected chi connectivity index (χ4v) is 4.49. The number of nitrogens with one attached hydrogen (secondary N) is 5. The lowest BCUT2D eigenvalue weighted by atomic mass is 10.3. The van der Waals surface area contributed by atoms with Gasteiger partial charge in [0.05, 0.1) is 34.9 Å². The van der Waals surface area contributed by atoms with Gasteiger partial charge in [-0.15, -0.1) is 0 Å². The van der Waals surface area contributed by atoms with Gasteiger partial charge in [-0.1, -0.05) is 0 Å². The first kappa shape index (κ1) is 30.9. The van der Waals surface area contributed by atoms with Crippen LogP contribution in [0.15, 0.2) is 54.0 Å². The third-order valence-electron chi connectivity index (χ3n) is 6.61. The Labute approximate surface area is 252 Å². The molecule has 0 unspecified atom stereocenters. The second kappa shape index (κ2) is 12.8. The van der Waals surface area contributed by atoms with Gasteiger partial charge in [0.25, 0.3) is 23.6 Å². The smallest absolute Gasteiger partial charge is 0.272 e. The molecule has 0 saturated heterocycles. The highest BCUT2D eigenvalue weighted by Gasteiger charge is 2.19. The molecular weight excluding hydrogens is 568 g/mol. The summed E-state index contributed by atoms with van der Waals surface area (Å²) in [5.41, 5.74) is 13.6. The Morgan fingerprint density at radius 2 is 1.09 bits per heavy atom. The van der Waals surface area contributed by atoms with E-state index >= 15 is 0 Å². The van der Waals surface area contributed by atoms with Crippen molar-refractivity contribution < 1.29 is 19.2 Å². The van der Waals surface area contributed by atoms with E-state index in [1.54, 1.807) is 77.3 Å². The van der Waals surface area contributed by atoms with E-state index in [1.165, 1.54) is 18.2 Å². The third-order valence-corrected chi connectivity index (χ3v) is 6.61. The molecule has 4 amide bonds. The van der Waals surface area contributed by atoms with Crippen LogP contribution in [0.5, 0.6) is 0 Å². The van der Waals surface area contributed by atoms with Crippen LogP contribution in [0.25, 0.3) is 0 Å². The summed E-state index contributed by atoms with van der Waals surface area (Å²) in [6, 6.07) is 6.18. The number of hydrogen-bond donors (Lipinski definition) is 7. The molecular formula is C28H34N12O4. The molecule has 4 rings (SSSR count). The van der Waals surface area contributed by atoms with Crippen LogP contribution in [0, 0.1) is 5.41 Å². The number of hydrogen-bond acceptors (Lipinski definition) is 6. The summed E-state index contributed by atoms with van der Waals surface area (Å²) in [5, 5.41) is 18.2. The Kier molecular flexibility index (Phi) is 9.02. The van der Waals surface area contributed by atoms with Crippen molar-refractivity contribution in [1.29, 1.82) is 5.41 Å². The van der Waals surface area contributed by atoms with Gasteiger partial charge in [0, 0.05) is 65.9 Å². The van der Waals surface area contributed by atoms with Crippen molar-refractivity contribution in [3.05, 3.63) is 71.8 Å². The van der Waals surface area contributed by atoms with Gasteiger partial charge < -0.3 is 51.0 Å². The van der Waals surface area contributed by atoms with Gasteiger partial charge in [-0.3, -0.25) is 24.6 Å². The standard InChI is InChI=1S/C28H34N12O4/c1-37-11-16(33-15-29)7-21(37)26(42)35-18-9-23(39(3)13-18)28(44)36-19-10-22(40(4)14-19)27(43)34-17-8-20(38(2)12-17)25(41)32-6-5-24(30)31/h7-15H,5-6H2,1-4H3,(H2,29,33)(H3,30,31)(H,32,41)(H,34,43)(H,35,42)(H,36,44). The number of amides is 4. The summed E-state index contributed by atoms with van der Waals surface area (Å²) in [7, 11) is 6.71. The maximum absolute atomic E-state index is 13.1. The van der Waals surface area contributed by atoms with Crippen LogP contribution in [-0.2, 0) is 28.2 Å². The van der Waals surface area contributed by atoms with Crippen LogP contribution in [0.2, 0.25) is 0 Å². The molecule has 0 aliphatic rings. The molecule has 230 valence electrons. The van der Waals surface area contributed by atoms with E-state index in [-0.39, 0.29) is 42.0 Å². The second-order valence-electron chi connectivity index (χ2n) is 10.0. The van der Waals surface area contributed by atoms with Crippen molar-refractivity contribution in [1.82, 2.24) is 23.6 Å².